The van der Waals surface area contributed by atoms with Crippen molar-refractivity contribution in [1.82, 2.24) is 14.8 Å². The number of rotatable bonds is 6. The van der Waals surface area contributed by atoms with Gasteiger partial charge in [-0.3, -0.25) is 9.78 Å². The highest BCUT2D eigenvalue weighted by Gasteiger charge is 2.03. The number of aromatic amines is 1. The highest BCUT2D eigenvalue weighted by molar-refractivity contribution is 6.30. The van der Waals surface area contributed by atoms with Crippen molar-refractivity contribution >= 4 is 11.6 Å². The van der Waals surface area contributed by atoms with Crippen molar-refractivity contribution in [2.24, 2.45) is 0 Å². The molecule has 1 aromatic heterocycles. The van der Waals surface area contributed by atoms with Gasteiger partial charge in [-0.25, -0.2) is 9.48 Å². The van der Waals surface area contributed by atoms with Crippen LogP contribution in [0.5, 0.6) is 23.0 Å². The molecular weight excluding hydrogens is 406 g/mol. The second kappa shape index (κ2) is 8.67. The van der Waals surface area contributed by atoms with Gasteiger partial charge in [-0.1, -0.05) is 23.7 Å². The van der Waals surface area contributed by atoms with Crippen molar-refractivity contribution in [3.05, 3.63) is 110 Å². The molecule has 0 bridgehead atoms. The van der Waals surface area contributed by atoms with Crippen LogP contribution >= 0.6 is 11.6 Å². The molecule has 0 saturated carbocycles. The first-order chi connectivity index (χ1) is 14.5. The molecule has 0 atom stereocenters. The van der Waals surface area contributed by atoms with Crippen molar-refractivity contribution in [3.8, 4) is 23.0 Å². The van der Waals surface area contributed by atoms with Crippen LogP contribution in [0, 0.1) is 0 Å². The first kappa shape index (κ1) is 19.5. The van der Waals surface area contributed by atoms with Crippen LogP contribution in [-0.4, -0.2) is 14.8 Å². The average molecular weight is 422 g/mol. The molecule has 150 valence electrons. The molecule has 0 spiro atoms. The van der Waals surface area contributed by atoms with E-state index in [1.165, 1.54) is 4.68 Å². The summed E-state index contributed by atoms with van der Waals surface area (Å²) in [5, 5.41) is 4.47. The van der Waals surface area contributed by atoms with Crippen molar-refractivity contribution in [1.29, 1.82) is 0 Å². The molecule has 0 amide bonds. The van der Waals surface area contributed by atoms with Crippen LogP contribution in [0.3, 0.4) is 0 Å². The number of aromatic nitrogens is 3. The van der Waals surface area contributed by atoms with E-state index >= 15 is 0 Å². The molecule has 1 N–H and O–H groups in total. The van der Waals surface area contributed by atoms with E-state index in [0.717, 1.165) is 11.8 Å². The van der Waals surface area contributed by atoms with Crippen molar-refractivity contribution in [2.45, 2.75) is 6.54 Å². The van der Waals surface area contributed by atoms with Crippen LogP contribution in [0.15, 0.2) is 88.6 Å². The van der Waals surface area contributed by atoms with E-state index in [0.29, 0.717) is 28.0 Å². The summed E-state index contributed by atoms with van der Waals surface area (Å²) >= 11 is 5.87. The minimum absolute atomic E-state index is 0.243. The van der Waals surface area contributed by atoms with Gasteiger partial charge in [-0.2, -0.15) is 5.10 Å². The molecule has 4 rings (SSSR count). The Bertz CT molecular complexity index is 1250. The molecule has 1 heterocycles. The van der Waals surface area contributed by atoms with Crippen LogP contribution in [0.4, 0.5) is 0 Å². The van der Waals surface area contributed by atoms with E-state index in [4.69, 9.17) is 21.1 Å². The predicted octanol–water partition coefficient (Wildman–Crippen LogP) is 4.22. The van der Waals surface area contributed by atoms with E-state index in [-0.39, 0.29) is 6.54 Å². The lowest BCUT2D eigenvalue weighted by Gasteiger charge is -2.09. The topological polar surface area (TPSA) is 86.2 Å². The number of hydrogen-bond acceptors (Lipinski definition) is 5. The zero-order chi connectivity index (χ0) is 20.9. The second-order valence-corrected chi connectivity index (χ2v) is 6.81. The van der Waals surface area contributed by atoms with Gasteiger partial charge in [0.15, 0.2) is 0 Å². The normalized spacial score (nSPS) is 10.6. The summed E-state index contributed by atoms with van der Waals surface area (Å²) < 4.78 is 12.8. The quantitative estimate of drug-likeness (QED) is 0.503. The monoisotopic (exact) mass is 421 g/mol. The van der Waals surface area contributed by atoms with Crippen LogP contribution in [0.1, 0.15) is 5.56 Å². The zero-order valence-corrected chi connectivity index (χ0v) is 16.4. The molecule has 0 saturated heterocycles. The van der Waals surface area contributed by atoms with E-state index in [2.05, 4.69) is 10.1 Å². The number of halogens is 1. The fourth-order valence-electron chi connectivity index (χ4n) is 2.68. The summed E-state index contributed by atoms with van der Waals surface area (Å²) in [5.41, 5.74) is -0.232. The molecule has 0 unspecified atom stereocenters. The smallest absolute Gasteiger partial charge is 0.345 e. The summed E-state index contributed by atoms with van der Waals surface area (Å²) in [7, 11) is 0. The van der Waals surface area contributed by atoms with E-state index in [1.807, 2.05) is 36.4 Å². The highest BCUT2D eigenvalue weighted by Crippen LogP contribution is 2.27. The van der Waals surface area contributed by atoms with Crippen molar-refractivity contribution in [2.75, 3.05) is 0 Å². The molecule has 3 aromatic carbocycles. The minimum Gasteiger partial charge on any atom is -0.457 e. The molecule has 30 heavy (non-hydrogen) atoms. The largest absolute Gasteiger partial charge is 0.457 e. The summed E-state index contributed by atoms with van der Waals surface area (Å²) in [6.07, 6.45) is 1.07. The summed E-state index contributed by atoms with van der Waals surface area (Å²) in [6.45, 7) is 0.243. The third-order valence-electron chi connectivity index (χ3n) is 4.14. The summed E-state index contributed by atoms with van der Waals surface area (Å²) in [6, 6.07) is 21.6. The molecule has 4 aromatic rings. The average Bonchev–Trinajstić information content (AvgIpc) is 2.74. The third-order valence-corrected chi connectivity index (χ3v) is 4.40. The van der Waals surface area contributed by atoms with Gasteiger partial charge < -0.3 is 9.47 Å². The van der Waals surface area contributed by atoms with Gasteiger partial charge in [-0.15, -0.1) is 0 Å². The fourth-order valence-corrected chi connectivity index (χ4v) is 2.80. The Hall–Kier alpha value is -3.84. The Kier molecular flexibility index (Phi) is 5.63. The van der Waals surface area contributed by atoms with Crippen molar-refractivity contribution < 1.29 is 9.47 Å². The standard InChI is InChI=1S/C22H16ClN3O4/c23-16-3-7-18(8-4-16)30-20-11-9-19(10-12-20)29-17-5-1-15(2-6-17)14-26-22(28)25-21(27)13-24-26/h1-13H,14H2,(H,25,27,28). The SMILES string of the molecule is O=c1cnn(Cc2ccc(Oc3ccc(Oc4ccc(Cl)cc4)cc3)cc2)c(=O)[nH]1. The first-order valence-electron chi connectivity index (χ1n) is 9.02. The summed E-state index contributed by atoms with van der Waals surface area (Å²) in [5.74, 6) is 2.68. The van der Waals surface area contributed by atoms with E-state index in [9.17, 15) is 9.59 Å². The number of benzene rings is 3. The fraction of sp³-hybridized carbons (Fsp3) is 0.0455. The number of hydrogen-bond donors (Lipinski definition) is 1. The Morgan fingerprint density at radius 2 is 1.23 bits per heavy atom. The molecular formula is C22H16ClN3O4. The minimum atomic E-state index is -0.552. The van der Waals surface area contributed by atoms with Gasteiger partial charge in [0.2, 0.25) is 0 Å². The van der Waals surface area contributed by atoms with Crippen LogP contribution in [0.2, 0.25) is 5.02 Å². The van der Waals surface area contributed by atoms with Gasteiger partial charge in [-0.05, 0) is 66.2 Å². The Balaban J connectivity index is 1.38. The number of nitrogens with zero attached hydrogens (tertiary/aromatic N) is 2. The van der Waals surface area contributed by atoms with Gasteiger partial charge in [0, 0.05) is 5.02 Å². The lowest BCUT2D eigenvalue weighted by atomic mass is 10.2. The molecule has 0 fully saturated rings. The lowest BCUT2D eigenvalue weighted by Crippen LogP contribution is -2.31. The second-order valence-electron chi connectivity index (χ2n) is 6.37. The molecule has 0 radical (unpaired) electrons. The van der Waals surface area contributed by atoms with Gasteiger partial charge in [0.25, 0.3) is 5.56 Å². The highest BCUT2D eigenvalue weighted by atomic mass is 35.5. The number of nitrogens with one attached hydrogen (secondary N) is 1. The predicted molar refractivity (Wildman–Crippen MR) is 113 cm³/mol. The first-order valence-corrected chi connectivity index (χ1v) is 9.40. The Morgan fingerprint density at radius 1 is 0.767 bits per heavy atom. The summed E-state index contributed by atoms with van der Waals surface area (Å²) in [4.78, 5) is 25.0. The van der Waals surface area contributed by atoms with E-state index < -0.39 is 11.2 Å². The lowest BCUT2D eigenvalue weighted by molar-refractivity contribution is 0.469. The number of ether oxygens (including phenoxy) is 2. The van der Waals surface area contributed by atoms with E-state index in [1.54, 1.807) is 36.4 Å². The zero-order valence-electron chi connectivity index (χ0n) is 15.6. The molecule has 0 aliphatic rings. The molecule has 0 aliphatic carbocycles. The maximum atomic E-state index is 11.7. The molecule has 8 heteroatoms. The van der Waals surface area contributed by atoms with Gasteiger partial charge in [0.1, 0.15) is 29.2 Å². The Morgan fingerprint density at radius 3 is 1.73 bits per heavy atom. The maximum Gasteiger partial charge on any atom is 0.345 e. The molecule has 7 nitrogen and oxygen atoms in total. The molecule has 0 aliphatic heterocycles. The Labute approximate surface area is 176 Å². The maximum absolute atomic E-state index is 11.7. The van der Waals surface area contributed by atoms with Crippen molar-refractivity contribution in [3.63, 3.8) is 0 Å². The van der Waals surface area contributed by atoms with Crippen LogP contribution in [-0.2, 0) is 6.54 Å². The van der Waals surface area contributed by atoms with Crippen LogP contribution < -0.4 is 20.7 Å². The number of H-pyrrole nitrogens is 1. The van der Waals surface area contributed by atoms with Gasteiger partial charge >= 0.3 is 5.69 Å². The van der Waals surface area contributed by atoms with Gasteiger partial charge in [0.05, 0.1) is 6.54 Å². The van der Waals surface area contributed by atoms with Crippen LogP contribution in [0.25, 0.3) is 0 Å². The third kappa shape index (κ3) is 4.95.